The predicted octanol–water partition coefficient (Wildman–Crippen LogP) is 1.85. The summed E-state index contributed by atoms with van der Waals surface area (Å²) in [5.41, 5.74) is 1.50. The molecule has 18 heavy (non-hydrogen) atoms. The number of rotatable bonds is 7. The van der Waals surface area contributed by atoms with Crippen molar-refractivity contribution in [3.05, 3.63) is 16.5 Å². The topological polar surface area (TPSA) is 75.4 Å². The van der Waals surface area contributed by atoms with E-state index in [0.717, 1.165) is 5.56 Å². The Balaban J connectivity index is 2.25. The quantitative estimate of drug-likeness (QED) is 0.796. The summed E-state index contributed by atoms with van der Waals surface area (Å²) >= 11 is 5.80. The predicted molar refractivity (Wildman–Crippen MR) is 68.5 cm³/mol. The largest absolute Gasteiger partial charge is 0.393 e. The summed E-state index contributed by atoms with van der Waals surface area (Å²) in [6.45, 7) is 4.19. The summed E-state index contributed by atoms with van der Waals surface area (Å²) in [6, 6.07) is 0. The van der Waals surface area contributed by atoms with Crippen LogP contribution in [-0.2, 0) is 11.2 Å². The standard InChI is InChI=1S/C12H19ClN2O3/c1-3-9(16)6-7-14-11(17)5-4-10-8(2)15-18-12(10)13/h9,16H,3-7H2,1-2H3,(H,14,17). The number of amides is 1. The van der Waals surface area contributed by atoms with Gasteiger partial charge in [0.15, 0.2) is 0 Å². The number of hydrogen-bond acceptors (Lipinski definition) is 4. The summed E-state index contributed by atoms with van der Waals surface area (Å²) in [5.74, 6) is -0.0602. The first kappa shape index (κ1) is 15.0. The van der Waals surface area contributed by atoms with Gasteiger partial charge in [0.25, 0.3) is 0 Å². The molecule has 102 valence electrons. The molecule has 0 saturated heterocycles. The first-order chi connectivity index (χ1) is 8.54. The lowest BCUT2D eigenvalue weighted by Gasteiger charge is -2.08. The number of aromatic nitrogens is 1. The Morgan fingerprint density at radius 2 is 2.33 bits per heavy atom. The highest BCUT2D eigenvalue weighted by atomic mass is 35.5. The number of nitrogens with zero attached hydrogens (tertiary/aromatic N) is 1. The van der Waals surface area contributed by atoms with Crippen LogP contribution in [0.15, 0.2) is 4.52 Å². The lowest BCUT2D eigenvalue weighted by molar-refractivity contribution is -0.121. The third kappa shape index (κ3) is 4.66. The molecule has 1 atom stereocenters. The molecule has 1 heterocycles. The highest BCUT2D eigenvalue weighted by Gasteiger charge is 2.12. The van der Waals surface area contributed by atoms with Crippen LogP contribution in [0.5, 0.6) is 0 Å². The van der Waals surface area contributed by atoms with Crippen LogP contribution in [-0.4, -0.2) is 28.8 Å². The van der Waals surface area contributed by atoms with Crippen LogP contribution in [0.25, 0.3) is 0 Å². The fourth-order valence-corrected chi connectivity index (χ4v) is 1.82. The Bertz CT molecular complexity index is 373. The zero-order valence-electron chi connectivity index (χ0n) is 10.7. The van der Waals surface area contributed by atoms with Crippen LogP contribution in [0.2, 0.25) is 5.22 Å². The van der Waals surface area contributed by atoms with Gasteiger partial charge in [0.1, 0.15) is 0 Å². The molecule has 1 unspecified atom stereocenters. The van der Waals surface area contributed by atoms with E-state index >= 15 is 0 Å². The van der Waals surface area contributed by atoms with Crippen molar-refractivity contribution in [1.29, 1.82) is 0 Å². The molecule has 0 aliphatic carbocycles. The van der Waals surface area contributed by atoms with Crippen LogP contribution >= 0.6 is 11.6 Å². The van der Waals surface area contributed by atoms with Gasteiger partial charge in [0.2, 0.25) is 11.1 Å². The maximum atomic E-state index is 11.5. The van der Waals surface area contributed by atoms with Gasteiger partial charge in [-0.3, -0.25) is 4.79 Å². The van der Waals surface area contributed by atoms with Gasteiger partial charge in [0.05, 0.1) is 11.8 Å². The maximum Gasteiger partial charge on any atom is 0.229 e. The van der Waals surface area contributed by atoms with E-state index in [4.69, 9.17) is 16.1 Å². The minimum absolute atomic E-state index is 0.0602. The summed E-state index contributed by atoms with van der Waals surface area (Å²) in [4.78, 5) is 11.5. The van der Waals surface area contributed by atoms with E-state index < -0.39 is 0 Å². The second-order valence-electron chi connectivity index (χ2n) is 4.22. The number of carbonyl (C=O) groups is 1. The smallest absolute Gasteiger partial charge is 0.229 e. The number of aliphatic hydroxyl groups is 1. The van der Waals surface area contributed by atoms with Crippen LogP contribution in [0, 0.1) is 6.92 Å². The number of halogens is 1. The maximum absolute atomic E-state index is 11.5. The lowest BCUT2D eigenvalue weighted by Crippen LogP contribution is -2.27. The third-order valence-electron chi connectivity index (χ3n) is 2.81. The average Bonchev–Trinajstić information content (AvgIpc) is 2.66. The number of carbonyl (C=O) groups excluding carboxylic acids is 1. The summed E-state index contributed by atoms with van der Waals surface area (Å²) < 4.78 is 4.81. The summed E-state index contributed by atoms with van der Waals surface area (Å²) in [5, 5.41) is 16.1. The number of aliphatic hydroxyl groups excluding tert-OH is 1. The van der Waals surface area contributed by atoms with Crippen LogP contribution < -0.4 is 5.32 Å². The first-order valence-corrected chi connectivity index (χ1v) is 6.47. The molecule has 1 aromatic heterocycles. The van der Waals surface area contributed by atoms with E-state index in [1.54, 1.807) is 6.92 Å². The van der Waals surface area contributed by atoms with Gasteiger partial charge in [-0.1, -0.05) is 12.1 Å². The van der Waals surface area contributed by atoms with E-state index in [2.05, 4.69) is 10.5 Å². The Labute approximate surface area is 111 Å². The monoisotopic (exact) mass is 274 g/mol. The normalized spacial score (nSPS) is 12.4. The van der Waals surface area contributed by atoms with E-state index in [1.807, 2.05) is 6.92 Å². The second-order valence-corrected chi connectivity index (χ2v) is 4.56. The Hall–Kier alpha value is -1.07. The zero-order valence-corrected chi connectivity index (χ0v) is 11.5. The fraction of sp³-hybridized carbons (Fsp3) is 0.667. The molecule has 0 bridgehead atoms. The number of hydrogen-bond donors (Lipinski definition) is 2. The molecule has 0 spiro atoms. The molecule has 0 aliphatic rings. The van der Waals surface area contributed by atoms with E-state index in [1.165, 1.54) is 0 Å². The highest BCUT2D eigenvalue weighted by Crippen LogP contribution is 2.20. The molecule has 0 aliphatic heterocycles. The molecule has 1 rings (SSSR count). The van der Waals surface area contributed by atoms with Gasteiger partial charge in [-0.15, -0.1) is 0 Å². The molecule has 2 N–H and O–H groups in total. The molecular weight excluding hydrogens is 256 g/mol. The summed E-state index contributed by atoms with van der Waals surface area (Å²) in [6.07, 6.45) is 1.78. The van der Waals surface area contributed by atoms with Crippen molar-refractivity contribution in [3.63, 3.8) is 0 Å². The van der Waals surface area contributed by atoms with Gasteiger partial charge >= 0.3 is 0 Å². The highest BCUT2D eigenvalue weighted by molar-refractivity contribution is 6.29. The zero-order chi connectivity index (χ0) is 13.5. The van der Waals surface area contributed by atoms with Crippen molar-refractivity contribution in [2.75, 3.05) is 6.54 Å². The van der Waals surface area contributed by atoms with E-state index in [0.29, 0.717) is 37.9 Å². The molecule has 5 nitrogen and oxygen atoms in total. The average molecular weight is 275 g/mol. The molecular formula is C12H19ClN2O3. The minimum Gasteiger partial charge on any atom is -0.393 e. The molecule has 0 fully saturated rings. The molecule has 6 heteroatoms. The van der Waals surface area contributed by atoms with Crippen LogP contribution in [0.4, 0.5) is 0 Å². The molecule has 0 saturated carbocycles. The van der Waals surface area contributed by atoms with Crippen molar-refractivity contribution in [2.24, 2.45) is 0 Å². The molecule has 0 radical (unpaired) electrons. The van der Waals surface area contributed by atoms with E-state index in [-0.39, 0.29) is 17.2 Å². The lowest BCUT2D eigenvalue weighted by atomic mass is 10.1. The first-order valence-electron chi connectivity index (χ1n) is 6.10. The third-order valence-corrected chi connectivity index (χ3v) is 3.11. The van der Waals surface area contributed by atoms with Crippen molar-refractivity contribution in [1.82, 2.24) is 10.5 Å². The van der Waals surface area contributed by atoms with Crippen LogP contribution in [0.1, 0.15) is 37.4 Å². The minimum atomic E-state index is -0.347. The van der Waals surface area contributed by atoms with Gasteiger partial charge in [-0.2, -0.15) is 0 Å². The second kappa shape index (κ2) is 7.38. The van der Waals surface area contributed by atoms with Gasteiger partial charge in [-0.05, 0) is 37.8 Å². The molecule has 0 aromatic carbocycles. The van der Waals surface area contributed by atoms with E-state index in [9.17, 15) is 9.90 Å². The Morgan fingerprint density at radius 3 is 2.89 bits per heavy atom. The van der Waals surface area contributed by atoms with Crippen molar-refractivity contribution < 1.29 is 14.4 Å². The van der Waals surface area contributed by atoms with Crippen molar-refractivity contribution in [2.45, 2.75) is 45.6 Å². The van der Waals surface area contributed by atoms with Crippen LogP contribution in [0.3, 0.4) is 0 Å². The van der Waals surface area contributed by atoms with Gasteiger partial charge in [-0.25, -0.2) is 0 Å². The summed E-state index contributed by atoms with van der Waals surface area (Å²) in [7, 11) is 0. The van der Waals surface area contributed by atoms with Gasteiger partial charge < -0.3 is 14.9 Å². The van der Waals surface area contributed by atoms with Crippen molar-refractivity contribution in [3.8, 4) is 0 Å². The Morgan fingerprint density at radius 1 is 1.61 bits per heavy atom. The Kier molecular flexibility index (Phi) is 6.15. The van der Waals surface area contributed by atoms with Crippen molar-refractivity contribution >= 4 is 17.5 Å². The van der Waals surface area contributed by atoms with Gasteiger partial charge in [0, 0.05) is 18.5 Å². The fourth-order valence-electron chi connectivity index (χ4n) is 1.55. The molecule has 1 amide bonds. The number of nitrogens with one attached hydrogen (secondary N) is 1. The number of aryl methyl sites for hydroxylation is 1. The molecule has 1 aromatic rings. The SMILES string of the molecule is CCC(O)CCNC(=O)CCc1c(C)noc1Cl.